The van der Waals surface area contributed by atoms with Gasteiger partial charge < -0.3 is 10.1 Å². The molecule has 0 aliphatic rings. The third kappa shape index (κ3) is 4.32. The van der Waals surface area contributed by atoms with Gasteiger partial charge in [-0.1, -0.05) is 27.2 Å². The maximum absolute atomic E-state index is 5.67. The van der Waals surface area contributed by atoms with Crippen LogP contribution in [0.25, 0.3) is 0 Å². The first-order valence-electron chi connectivity index (χ1n) is 8.02. The summed E-state index contributed by atoms with van der Waals surface area (Å²) in [6.45, 7) is 11.2. The minimum Gasteiger partial charge on any atom is -0.380 e. The molecule has 1 heterocycles. The van der Waals surface area contributed by atoms with E-state index in [-0.39, 0.29) is 0 Å². The maximum Gasteiger partial charge on any atom is 0.0672 e. The van der Waals surface area contributed by atoms with Gasteiger partial charge in [-0.2, -0.15) is 5.10 Å². The SMILES string of the molecule is CCCCOCCn1nc(CC)c(C(C)NC)c1CC. The molecule has 4 nitrogen and oxygen atoms in total. The summed E-state index contributed by atoms with van der Waals surface area (Å²) >= 11 is 0. The smallest absolute Gasteiger partial charge is 0.0672 e. The van der Waals surface area contributed by atoms with E-state index in [1.54, 1.807) is 0 Å². The fourth-order valence-corrected chi connectivity index (χ4v) is 2.53. The Morgan fingerprint density at radius 2 is 1.95 bits per heavy atom. The van der Waals surface area contributed by atoms with Gasteiger partial charge in [-0.05, 0) is 33.2 Å². The number of hydrogen-bond acceptors (Lipinski definition) is 3. The van der Waals surface area contributed by atoms with Crippen molar-refractivity contribution >= 4 is 0 Å². The van der Waals surface area contributed by atoms with Gasteiger partial charge in [0.2, 0.25) is 0 Å². The quantitative estimate of drug-likeness (QED) is 0.670. The lowest BCUT2D eigenvalue weighted by Gasteiger charge is -2.13. The number of unbranched alkanes of at least 4 members (excludes halogenated alkanes) is 1. The van der Waals surface area contributed by atoms with Crippen LogP contribution in [0.4, 0.5) is 0 Å². The predicted octanol–water partition coefficient (Wildman–Crippen LogP) is 3.11. The Balaban J connectivity index is 2.77. The van der Waals surface area contributed by atoms with Crippen LogP contribution in [-0.4, -0.2) is 30.0 Å². The Labute approximate surface area is 123 Å². The average Bonchev–Trinajstić information content (AvgIpc) is 2.83. The Morgan fingerprint density at radius 1 is 1.20 bits per heavy atom. The molecular formula is C16H31N3O. The molecule has 0 radical (unpaired) electrons. The summed E-state index contributed by atoms with van der Waals surface area (Å²) in [6.07, 6.45) is 4.33. The van der Waals surface area contributed by atoms with Crippen LogP contribution in [0.5, 0.6) is 0 Å². The van der Waals surface area contributed by atoms with E-state index in [0.717, 1.165) is 39.0 Å². The van der Waals surface area contributed by atoms with Gasteiger partial charge in [-0.15, -0.1) is 0 Å². The monoisotopic (exact) mass is 281 g/mol. The first-order valence-corrected chi connectivity index (χ1v) is 8.02. The molecule has 1 rings (SSSR count). The molecule has 1 N–H and O–H groups in total. The van der Waals surface area contributed by atoms with E-state index in [0.29, 0.717) is 6.04 Å². The zero-order valence-electron chi connectivity index (χ0n) is 13.8. The van der Waals surface area contributed by atoms with Gasteiger partial charge in [0.05, 0.1) is 18.8 Å². The molecule has 0 aromatic carbocycles. The van der Waals surface area contributed by atoms with Crippen LogP contribution in [0.3, 0.4) is 0 Å². The van der Waals surface area contributed by atoms with Crippen molar-refractivity contribution in [1.82, 2.24) is 15.1 Å². The molecule has 1 unspecified atom stereocenters. The van der Waals surface area contributed by atoms with Crippen molar-refractivity contribution in [1.29, 1.82) is 0 Å². The van der Waals surface area contributed by atoms with Gasteiger partial charge >= 0.3 is 0 Å². The first-order chi connectivity index (χ1) is 9.69. The van der Waals surface area contributed by atoms with E-state index in [2.05, 4.69) is 37.7 Å². The molecule has 0 aliphatic carbocycles. The lowest BCUT2D eigenvalue weighted by molar-refractivity contribution is 0.120. The highest BCUT2D eigenvalue weighted by molar-refractivity contribution is 5.30. The second-order valence-corrected chi connectivity index (χ2v) is 5.21. The van der Waals surface area contributed by atoms with Gasteiger partial charge in [0.25, 0.3) is 0 Å². The summed E-state index contributed by atoms with van der Waals surface area (Å²) in [7, 11) is 2.01. The molecule has 0 bridgehead atoms. The van der Waals surface area contributed by atoms with Gasteiger partial charge in [0.1, 0.15) is 0 Å². The van der Waals surface area contributed by atoms with E-state index in [1.165, 1.54) is 23.4 Å². The Kier molecular flexibility index (Phi) is 7.85. The normalized spacial score (nSPS) is 12.8. The molecule has 0 spiro atoms. The van der Waals surface area contributed by atoms with Crippen molar-refractivity contribution in [2.45, 2.75) is 66.0 Å². The van der Waals surface area contributed by atoms with Crippen molar-refractivity contribution in [3.05, 3.63) is 17.0 Å². The molecule has 4 heteroatoms. The van der Waals surface area contributed by atoms with Crippen molar-refractivity contribution < 1.29 is 4.74 Å². The second kappa shape index (κ2) is 9.14. The standard InChI is InChI=1S/C16H31N3O/c1-6-9-11-20-12-10-19-15(8-3)16(13(4)17-5)14(7-2)18-19/h13,17H,6-12H2,1-5H3. The molecule has 0 amide bonds. The Morgan fingerprint density at radius 3 is 2.50 bits per heavy atom. The largest absolute Gasteiger partial charge is 0.380 e. The van der Waals surface area contributed by atoms with E-state index >= 15 is 0 Å². The summed E-state index contributed by atoms with van der Waals surface area (Å²) in [5, 5.41) is 8.13. The number of nitrogens with zero attached hydrogens (tertiary/aromatic N) is 2. The number of nitrogens with one attached hydrogen (secondary N) is 1. The molecular weight excluding hydrogens is 250 g/mol. The third-order valence-corrected chi connectivity index (χ3v) is 3.80. The van der Waals surface area contributed by atoms with Gasteiger partial charge in [-0.3, -0.25) is 4.68 Å². The van der Waals surface area contributed by atoms with E-state index in [9.17, 15) is 0 Å². The number of rotatable bonds is 10. The lowest BCUT2D eigenvalue weighted by atomic mass is 10.0. The molecule has 0 aliphatic heterocycles. The molecule has 1 aromatic heterocycles. The lowest BCUT2D eigenvalue weighted by Crippen LogP contribution is -2.16. The highest BCUT2D eigenvalue weighted by atomic mass is 16.5. The number of aromatic nitrogens is 2. The van der Waals surface area contributed by atoms with Gasteiger partial charge in [-0.25, -0.2) is 0 Å². The molecule has 0 saturated carbocycles. The minimum absolute atomic E-state index is 0.356. The zero-order valence-corrected chi connectivity index (χ0v) is 13.8. The average molecular weight is 281 g/mol. The number of aryl methyl sites for hydroxylation is 1. The topological polar surface area (TPSA) is 39.1 Å². The van der Waals surface area contributed by atoms with Crippen molar-refractivity contribution in [3.63, 3.8) is 0 Å². The molecule has 116 valence electrons. The molecule has 1 atom stereocenters. The van der Waals surface area contributed by atoms with E-state index < -0.39 is 0 Å². The molecule has 0 fully saturated rings. The van der Waals surface area contributed by atoms with Crippen LogP contribution in [0.1, 0.15) is 63.5 Å². The highest BCUT2D eigenvalue weighted by Crippen LogP contribution is 2.23. The summed E-state index contributed by atoms with van der Waals surface area (Å²) in [5.41, 5.74) is 3.95. The minimum atomic E-state index is 0.356. The first kappa shape index (κ1) is 17.2. The van der Waals surface area contributed by atoms with Crippen LogP contribution < -0.4 is 5.32 Å². The van der Waals surface area contributed by atoms with Crippen LogP contribution >= 0.6 is 0 Å². The van der Waals surface area contributed by atoms with Crippen LogP contribution in [0.15, 0.2) is 0 Å². The summed E-state index contributed by atoms with van der Waals surface area (Å²) < 4.78 is 7.82. The second-order valence-electron chi connectivity index (χ2n) is 5.21. The Bertz CT molecular complexity index is 387. The molecule has 20 heavy (non-hydrogen) atoms. The highest BCUT2D eigenvalue weighted by Gasteiger charge is 2.19. The van der Waals surface area contributed by atoms with Crippen molar-refractivity contribution in [2.24, 2.45) is 0 Å². The maximum atomic E-state index is 5.67. The third-order valence-electron chi connectivity index (χ3n) is 3.80. The van der Waals surface area contributed by atoms with Crippen molar-refractivity contribution in [2.75, 3.05) is 20.3 Å². The fraction of sp³-hybridized carbons (Fsp3) is 0.812. The number of ether oxygens (including phenoxy) is 1. The molecule has 0 saturated heterocycles. The van der Waals surface area contributed by atoms with Gasteiger partial charge in [0.15, 0.2) is 0 Å². The summed E-state index contributed by atoms with van der Waals surface area (Å²) in [6, 6.07) is 0.356. The zero-order chi connectivity index (χ0) is 15.0. The fourth-order valence-electron chi connectivity index (χ4n) is 2.53. The van der Waals surface area contributed by atoms with E-state index in [4.69, 9.17) is 9.84 Å². The van der Waals surface area contributed by atoms with Crippen LogP contribution in [0, 0.1) is 0 Å². The summed E-state index contributed by atoms with van der Waals surface area (Å²) in [5.74, 6) is 0. The number of hydrogen-bond donors (Lipinski definition) is 1. The predicted molar refractivity (Wildman–Crippen MR) is 84.2 cm³/mol. The van der Waals surface area contributed by atoms with Crippen molar-refractivity contribution in [3.8, 4) is 0 Å². The summed E-state index contributed by atoms with van der Waals surface area (Å²) in [4.78, 5) is 0. The van der Waals surface area contributed by atoms with Crippen LogP contribution in [0.2, 0.25) is 0 Å². The van der Waals surface area contributed by atoms with Gasteiger partial charge in [0, 0.05) is 23.9 Å². The Hall–Kier alpha value is -0.870. The van der Waals surface area contributed by atoms with E-state index in [1.807, 2.05) is 7.05 Å². The molecule has 1 aromatic rings. The van der Waals surface area contributed by atoms with Crippen LogP contribution in [-0.2, 0) is 24.1 Å².